The molecule has 0 radical (unpaired) electrons. The summed E-state index contributed by atoms with van der Waals surface area (Å²) >= 11 is 0. The molecule has 2 aliphatic heterocycles. The van der Waals surface area contributed by atoms with Crippen LogP contribution in [-0.2, 0) is 16.1 Å². The van der Waals surface area contributed by atoms with Crippen LogP contribution in [0, 0.1) is 5.82 Å². The molecule has 0 saturated carbocycles. The Morgan fingerprint density at radius 3 is 2.47 bits per heavy atom. The van der Waals surface area contributed by atoms with Crippen molar-refractivity contribution in [1.29, 1.82) is 0 Å². The number of urea groups is 1. The molecule has 10 heteroatoms. The number of nitrogens with zero attached hydrogens (tertiary/aromatic N) is 2. The Kier molecular flexibility index (Phi) is 6.16. The van der Waals surface area contributed by atoms with Crippen LogP contribution in [0.4, 0.5) is 20.6 Å². The Balaban J connectivity index is 1.40. The summed E-state index contributed by atoms with van der Waals surface area (Å²) in [4.78, 5) is 42.0. The van der Waals surface area contributed by atoms with Crippen molar-refractivity contribution in [3.05, 3.63) is 78.1 Å². The van der Waals surface area contributed by atoms with E-state index < -0.39 is 29.7 Å². The van der Waals surface area contributed by atoms with Crippen LogP contribution in [0.5, 0.6) is 17.2 Å². The molecule has 1 fully saturated rings. The molecule has 3 aromatic rings. The van der Waals surface area contributed by atoms with Crippen molar-refractivity contribution in [2.75, 3.05) is 24.1 Å². The van der Waals surface area contributed by atoms with Gasteiger partial charge in [0.05, 0.1) is 19.2 Å². The average molecular weight is 491 g/mol. The van der Waals surface area contributed by atoms with Crippen molar-refractivity contribution in [2.45, 2.75) is 19.0 Å². The maximum atomic E-state index is 13.5. The van der Waals surface area contributed by atoms with Crippen LogP contribution < -0.4 is 24.4 Å². The van der Waals surface area contributed by atoms with Gasteiger partial charge >= 0.3 is 6.03 Å². The van der Waals surface area contributed by atoms with Gasteiger partial charge in [-0.15, -0.1) is 0 Å². The van der Waals surface area contributed by atoms with E-state index in [4.69, 9.17) is 14.2 Å². The number of carbonyl (C=O) groups excluding carboxylic acids is 3. The van der Waals surface area contributed by atoms with Gasteiger partial charge in [0.1, 0.15) is 17.6 Å². The lowest BCUT2D eigenvalue weighted by Gasteiger charge is -2.22. The number of fused-ring (bicyclic) bond motifs is 1. The lowest BCUT2D eigenvalue weighted by molar-refractivity contribution is -0.124. The summed E-state index contributed by atoms with van der Waals surface area (Å²) in [6.45, 7) is 0.159. The SMILES string of the molecule is COc1ccc(NC(=O)C[C@@H]2C(=O)N(c3ccc(F)cc3)C(=O)N2Cc2ccc3c(c2)OCO3)cc1. The maximum absolute atomic E-state index is 13.5. The molecule has 0 aromatic heterocycles. The minimum absolute atomic E-state index is 0.0550. The first-order valence-corrected chi connectivity index (χ1v) is 11.2. The molecule has 1 N–H and O–H groups in total. The molecule has 5 rings (SSSR count). The van der Waals surface area contributed by atoms with Crippen LogP contribution in [0.1, 0.15) is 12.0 Å². The number of hydrogen-bond donors (Lipinski definition) is 1. The van der Waals surface area contributed by atoms with Gasteiger partial charge in [-0.3, -0.25) is 9.59 Å². The van der Waals surface area contributed by atoms with E-state index in [9.17, 15) is 18.8 Å². The van der Waals surface area contributed by atoms with E-state index in [0.717, 1.165) is 4.90 Å². The quantitative estimate of drug-likeness (QED) is 0.503. The van der Waals surface area contributed by atoms with Gasteiger partial charge in [-0.2, -0.15) is 0 Å². The number of ether oxygens (including phenoxy) is 3. The molecule has 36 heavy (non-hydrogen) atoms. The van der Waals surface area contributed by atoms with E-state index in [-0.39, 0.29) is 25.4 Å². The van der Waals surface area contributed by atoms with Gasteiger partial charge in [0, 0.05) is 12.2 Å². The fraction of sp³-hybridized carbons (Fsp3) is 0.192. The molecule has 9 nitrogen and oxygen atoms in total. The number of amides is 4. The topological polar surface area (TPSA) is 97.4 Å². The zero-order valence-corrected chi connectivity index (χ0v) is 19.3. The Bertz CT molecular complexity index is 1310. The van der Waals surface area contributed by atoms with Gasteiger partial charge in [0.25, 0.3) is 5.91 Å². The predicted octanol–water partition coefficient (Wildman–Crippen LogP) is 3.93. The molecule has 0 spiro atoms. The second-order valence-corrected chi connectivity index (χ2v) is 8.24. The van der Waals surface area contributed by atoms with Crippen molar-refractivity contribution >= 4 is 29.2 Å². The smallest absolute Gasteiger partial charge is 0.332 e. The van der Waals surface area contributed by atoms with E-state index in [2.05, 4.69) is 5.32 Å². The number of carbonyl (C=O) groups is 3. The van der Waals surface area contributed by atoms with E-state index in [1.54, 1.807) is 42.5 Å². The van der Waals surface area contributed by atoms with Crippen molar-refractivity contribution in [3.8, 4) is 17.2 Å². The largest absolute Gasteiger partial charge is 0.497 e. The number of methoxy groups -OCH3 is 1. The van der Waals surface area contributed by atoms with Gasteiger partial charge in [0.2, 0.25) is 12.7 Å². The summed E-state index contributed by atoms with van der Waals surface area (Å²) in [5.74, 6) is 0.251. The van der Waals surface area contributed by atoms with Crippen LogP contribution in [0.2, 0.25) is 0 Å². The molecular formula is C26H22FN3O6. The van der Waals surface area contributed by atoms with Gasteiger partial charge < -0.3 is 24.4 Å². The number of imide groups is 1. The maximum Gasteiger partial charge on any atom is 0.332 e. The summed E-state index contributed by atoms with van der Waals surface area (Å²) < 4.78 is 29.3. The molecule has 0 bridgehead atoms. The first kappa shape index (κ1) is 23.2. The highest BCUT2D eigenvalue weighted by atomic mass is 19.1. The van der Waals surface area contributed by atoms with Gasteiger partial charge in [-0.25, -0.2) is 14.1 Å². The number of rotatable bonds is 7. The van der Waals surface area contributed by atoms with Crippen LogP contribution in [0.25, 0.3) is 0 Å². The number of nitrogens with one attached hydrogen (secondary N) is 1. The van der Waals surface area contributed by atoms with Gasteiger partial charge in [-0.1, -0.05) is 6.07 Å². The van der Waals surface area contributed by atoms with Gasteiger partial charge in [-0.05, 0) is 66.2 Å². The van der Waals surface area contributed by atoms with Crippen LogP contribution in [-0.4, -0.2) is 42.7 Å². The third-order valence-electron chi connectivity index (χ3n) is 5.95. The second kappa shape index (κ2) is 9.57. The van der Waals surface area contributed by atoms with Crippen molar-refractivity contribution in [1.82, 2.24) is 4.90 Å². The van der Waals surface area contributed by atoms with E-state index in [1.165, 1.54) is 36.3 Å². The zero-order valence-electron chi connectivity index (χ0n) is 19.3. The second-order valence-electron chi connectivity index (χ2n) is 8.24. The monoisotopic (exact) mass is 491 g/mol. The summed E-state index contributed by atoms with van der Waals surface area (Å²) in [6, 6.07) is 15.3. The lowest BCUT2D eigenvalue weighted by Crippen LogP contribution is -2.37. The molecule has 0 unspecified atom stereocenters. The minimum Gasteiger partial charge on any atom is -0.497 e. The molecule has 3 aromatic carbocycles. The van der Waals surface area contributed by atoms with E-state index in [0.29, 0.717) is 28.5 Å². The molecule has 184 valence electrons. The number of halogens is 1. The number of hydrogen-bond acceptors (Lipinski definition) is 6. The fourth-order valence-corrected chi connectivity index (χ4v) is 4.14. The lowest BCUT2D eigenvalue weighted by atomic mass is 10.1. The number of anilines is 2. The highest BCUT2D eigenvalue weighted by Crippen LogP contribution is 2.34. The number of benzene rings is 3. The van der Waals surface area contributed by atoms with Crippen LogP contribution in [0.3, 0.4) is 0 Å². The zero-order chi connectivity index (χ0) is 25.2. The molecule has 1 saturated heterocycles. The predicted molar refractivity (Wildman–Crippen MR) is 127 cm³/mol. The van der Waals surface area contributed by atoms with E-state index >= 15 is 0 Å². The Labute approximate surface area is 206 Å². The molecule has 4 amide bonds. The summed E-state index contributed by atoms with van der Waals surface area (Å²) in [6.07, 6.45) is -0.265. The third kappa shape index (κ3) is 4.52. The first-order valence-electron chi connectivity index (χ1n) is 11.2. The first-order chi connectivity index (χ1) is 17.4. The fourth-order valence-electron chi connectivity index (χ4n) is 4.14. The van der Waals surface area contributed by atoms with Crippen molar-refractivity contribution < 1.29 is 33.0 Å². The summed E-state index contributed by atoms with van der Waals surface area (Å²) in [5.41, 5.74) is 1.44. The standard InChI is InChI=1S/C26H22FN3O6/c1-34-20-9-5-18(6-10-20)28-24(31)13-21-25(32)30(19-7-3-17(27)4-8-19)26(33)29(21)14-16-2-11-22-23(12-16)36-15-35-22/h2-12,21H,13-15H2,1H3,(H,28,31)/t21-/m1/s1. The average Bonchev–Trinajstić information content (AvgIpc) is 3.43. The highest BCUT2D eigenvalue weighted by Gasteiger charge is 2.46. The highest BCUT2D eigenvalue weighted by molar-refractivity contribution is 6.22. The Morgan fingerprint density at radius 1 is 1.03 bits per heavy atom. The van der Waals surface area contributed by atoms with Gasteiger partial charge in [0.15, 0.2) is 11.5 Å². The Morgan fingerprint density at radius 2 is 1.75 bits per heavy atom. The summed E-state index contributed by atoms with van der Waals surface area (Å²) in [7, 11) is 1.54. The molecule has 1 atom stereocenters. The van der Waals surface area contributed by atoms with Crippen molar-refractivity contribution in [3.63, 3.8) is 0 Å². The summed E-state index contributed by atoms with van der Waals surface area (Å²) in [5, 5.41) is 2.75. The van der Waals surface area contributed by atoms with E-state index in [1.807, 2.05) is 0 Å². The molecular weight excluding hydrogens is 469 g/mol. The third-order valence-corrected chi connectivity index (χ3v) is 5.95. The van der Waals surface area contributed by atoms with Crippen LogP contribution in [0.15, 0.2) is 66.7 Å². The molecule has 0 aliphatic carbocycles. The minimum atomic E-state index is -1.06. The molecule has 2 aliphatic rings. The normalized spacial score (nSPS) is 16.4. The van der Waals surface area contributed by atoms with Crippen LogP contribution >= 0.6 is 0 Å². The van der Waals surface area contributed by atoms with Crippen molar-refractivity contribution in [2.24, 2.45) is 0 Å². The molecule has 2 heterocycles. The Hall–Kier alpha value is -4.60.